The molecule has 16 heavy (non-hydrogen) atoms. The standard InChI is InChI=1S/C13H28NOP/c1-9-14(10-2)16(13(6,7)8)11(15)12(3,4)5/h9-10H2,1-8H3. The Labute approximate surface area is 103 Å². The number of rotatable bonds is 4. The van der Waals surface area contributed by atoms with Gasteiger partial charge in [0.25, 0.3) is 0 Å². The third kappa shape index (κ3) is 4.14. The van der Waals surface area contributed by atoms with Crippen molar-refractivity contribution in [2.45, 2.75) is 60.5 Å². The number of hydrogen-bond acceptors (Lipinski definition) is 2. The molecule has 0 aliphatic heterocycles. The fourth-order valence-corrected chi connectivity index (χ4v) is 4.60. The summed E-state index contributed by atoms with van der Waals surface area (Å²) in [5.74, 6) is 0. The maximum atomic E-state index is 12.6. The lowest BCUT2D eigenvalue weighted by atomic mass is 9.99. The van der Waals surface area contributed by atoms with Crippen molar-refractivity contribution in [1.29, 1.82) is 0 Å². The van der Waals surface area contributed by atoms with Crippen molar-refractivity contribution in [3.05, 3.63) is 0 Å². The molecule has 0 heterocycles. The van der Waals surface area contributed by atoms with E-state index in [-0.39, 0.29) is 10.6 Å². The maximum Gasteiger partial charge on any atom is 0.175 e. The van der Waals surface area contributed by atoms with E-state index in [2.05, 4.69) is 39.3 Å². The Bertz CT molecular complexity index is 233. The summed E-state index contributed by atoms with van der Waals surface area (Å²) in [6.07, 6.45) is 0. The van der Waals surface area contributed by atoms with Gasteiger partial charge in [-0.1, -0.05) is 55.4 Å². The fourth-order valence-electron chi connectivity index (χ4n) is 1.68. The van der Waals surface area contributed by atoms with Gasteiger partial charge in [-0.15, -0.1) is 0 Å². The first kappa shape index (κ1) is 16.1. The molecule has 0 aromatic rings. The first-order valence-electron chi connectivity index (χ1n) is 6.15. The number of carbonyl (C=O) groups excluding carboxylic acids is 1. The lowest BCUT2D eigenvalue weighted by molar-refractivity contribution is -0.118. The van der Waals surface area contributed by atoms with Crippen LogP contribution in [0, 0.1) is 5.41 Å². The van der Waals surface area contributed by atoms with Crippen LogP contribution in [0.15, 0.2) is 0 Å². The third-order valence-corrected chi connectivity index (χ3v) is 5.94. The number of carbonyl (C=O) groups is 1. The first-order valence-corrected chi connectivity index (χ1v) is 7.44. The van der Waals surface area contributed by atoms with E-state index in [1.165, 1.54) is 0 Å². The van der Waals surface area contributed by atoms with Crippen LogP contribution >= 0.6 is 8.07 Å². The number of nitrogens with zero attached hydrogens (tertiary/aromatic N) is 1. The molecule has 2 nitrogen and oxygen atoms in total. The minimum atomic E-state index is -0.720. The summed E-state index contributed by atoms with van der Waals surface area (Å²) >= 11 is 0. The molecule has 0 bridgehead atoms. The van der Waals surface area contributed by atoms with Crippen molar-refractivity contribution in [1.82, 2.24) is 4.67 Å². The Morgan fingerprint density at radius 3 is 1.56 bits per heavy atom. The molecule has 0 radical (unpaired) electrons. The SMILES string of the molecule is CCN(CC)P(C(=O)C(C)(C)C)C(C)(C)C. The zero-order valence-electron chi connectivity index (χ0n) is 12.2. The summed E-state index contributed by atoms with van der Waals surface area (Å²) < 4.78 is 2.34. The van der Waals surface area contributed by atoms with Gasteiger partial charge >= 0.3 is 0 Å². The largest absolute Gasteiger partial charge is 0.292 e. The van der Waals surface area contributed by atoms with Gasteiger partial charge in [-0.25, -0.2) is 0 Å². The molecule has 96 valence electrons. The van der Waals surface area contributed by atoms with Crippen molar-refractivity contribution >= 4 is 13.6 Å². The van der Waals surface area contributed by atoms with Crippen molar-refractivity contribution in [3.8, 4) is 0 Å². The molecule has 0 N–H and O–H groups in total. The van der Waals surface area contributed by atoms with E-state index in [9.17, 15) is 4.79 Å². The number of hydrogen-bond donors (Lipinski definition) is 0. The summed E-state index contributed by atoms with van der Waals surface area (Å²) in [5, 5.41) is 0.0612. The Morgan fingerprint density at radius 2 is 1.38 bits per heavy atom. The zero-order chi connectivity index (χ0) is 13.1. The monoisotopic (exact) mass is 245 g/mol. The van der Waals surface area contributed by atoms with Crippen LogP contribution in [0.4, 0.5) is 0 Å². The van der Waals surface area contributed by atoms with Gasteiger partial charge in [0, 0.05) is 18.6 Å². The molecule has 0 aliphatic carbocycles. The first-order chi connectivity index (χ1) is 7.05. The van der Waals surface area contributed by atoms with Crippen LogP contribution in [0.1, 0.15) is 55.4 Å². The van der Waals surface area contributed by atoms with Crippen LogP contribution in [0.3, 0.4) is 0 Å². The van der Waals surface area contributed by atoms with Crippen LogP contribution in [0.5, 0.6) is 0 Å². The van der Waals surface area contributed by atoms with Gasteiger partial charge < -0.3 is 0 Å². The topological polar surface area (TPSA) is 20.3 Å². The fraction of sp³-hybridized carbons (Fsp3) is 0.923. The smallest absolute Gasteiger partial charge is 0.175 e. The van der Waals surface area contributed by atoms with E-state index in [0.29, 0.717) is 5.52 Å². The van der Waals surface area contributed by atoms with E-state index in [1.807, 2.05) is 20.8 Å². The summed E-state index contributed by atoms with van der Waals surface area (Å²) in [6.45, 7) is 18.8. The van der Waals surface area contributed by atoms with E-state index >= 15 is 0 Å². The molecule has 0 fully saturated rings. The van der Waals surface area contributed by atoms with Crippen molar-refractivity contribution in [2.24, 2.45) is 5.41 Å². The van der Waals surface area contributed by atoms with Crippen LogP contribution < -0.4 is 0 Å². The molecule has 0 aromatic heterocycles. The normalized spacial score (nSPS) is 15.3. The minimum absolute atomic E-state index is 0.0612. The summed E-state index contributed by atoms with van der Waals surface area (Å²) in [6, 6.07) is 0. The average molecular weight is 245 g/mol. The predicted molar refractivity (Wildman–Crippen MR) is 74.1 cm³/mol. The van der Waals surface area contributed by atoms with Crippen LogP contribution in [0.2, 0.25) is 0 Å². The maximum absolute atomic E-state index is 12.6. The second-order valence-corrected chi connectivity index (χ2v) is 9.11. The van der Waals surface area contributed by atoms with Gasteiger partial charge in [0.2, 0.25) is 0 Å². The second-order valence-electron chi connectivity index (χ2n) is 6.18. The highest BCUT2D eigenvalue weighted by Gasteiger charge is 2.40. The van der Waals surface area contributed by atoms with E-state index in [4.69, 9.17) is 0 Å². The Kier molecular flexibility index (Phi) is 5.62. The van der Waals surface area contributed by atoms with Gasteiger partial charge in [0.15, 0.2) is 5.52 Å². The summed E-state index contributed by atoms with van der Waals surface area (Å²) in [5.41, 5.74) is 0.181. The Morgan fingerprint density at radius 1 is 1.00 bits per heavy atom. The molecule has 0 saturated carbocycles. The summed E-state index contributed by atoms with van der Waals surface area (Å²) in [4.78, 5) is 12.6. The van der Waals surface area contributed by atoms with Gasteiger partial charge in [-0.3, -0.25) is 9.46 Å². The lowest BCUT2D eigenvalue weighted by Gasteiger charge is -2.41. The highest BCUT2D eigenvalue weighted by molar-refractivity contribution is 7.74. The summed E-state index contributed by atoms with van der Waals surface area (Å²) in [7, 11) is -0.720. The van der Waals surface area contributed by atoms with Crippen molar-refractivity contribution < 1.29 is 4.79 Å². The highest BCUT2D eigenvalue weighted by atomic mass is 31.1. The average Bonchev–Trinajstić information content (AvgIpc) is 2.09. The van der Waals surface area contributed by atoms with Gasteiger partial charge in [-0.05, 0) is 13.1 Å². The highest BCUT2D eigenvalue weighted by Crippen LogP contribution is 2.56. The molecular formula is C13H28NOP. The van der Waals surface area contributed by atoms with Crippen LogP contribution in [0.25, 0.3) is 0 Å². The minimum Gasteiger partial charge on any atom is -0.292 e. The molecule has 0 amide bonds. The van der Waals surface area contributed by atoms with Gasteiger partial charge in [0.05, 0.1) is 0 Å². The van der Waals surface area contributed by atoms with Crippen LogP contribution in [-0.4, -0.2) is 28.4 Å². The molecule has 0 saturated heterocycles. The van der Waals surface area contributed by atoms with Crippen LogP contribution in [-0.2, 0) is 4.79 Å². The van der Waals surface area contributed by atoms with E-state index < -0.39 is 8.07 Å². The Hall–Kier alpha value is 0.0600. The van der Waals surface area contributed by atoms with Gasteiger partial charge in [-0.2, -0.15) is 0 Å². The Balaban J connectivity index is 5.19. The quantitative estimate of drug-likeness (QED) is 0.695. The van der Waals surface area contributed by atoms with E-state index in [0.717, 1.165) is 13.1 Å². The van der Waals surface area contributed by atoms with Crippen molar-refractivity contribution in [2.75, 3.05) is 13.1 Å². The predicted octanol–water partition coefficient (Wildman–Crippen LogP) is 4.10. The third-order valence-electron chi connectivity index (χ3n) is 2.48. The lowest BCUT2D eigenvalue weighted by Crippen LogP contribution is -2.35. The molecule has 3 heteroatoms. The van der Waals surface area contributed by atoms with Crippen molar-refractivity contribution in [3.63, 3.8) is 0 Å². The molecule has 1 atom stereocenters. The molecule has 1 unspecified atom stereocenters. The van der Waals surface area contributed by atoms with Gasteiger partial charge in [0.1, 0.15) is 0 Å². The second kappa shape index (κ2) is 5.60. The molecule has 0 aromatic carbocycles. The zero-order valence-corrected chi connectivity index (χ0v) is 13.1. The molecule has 0 spiro atoms. The molecule has 0 aliphatic rings. The molecule has 0 rings (SSSR count). The van der Waals surface area contributed by atoms with E-state index in [1.54, 1.807) is 0 Å². The molecular weight excluding hydrogens is 217 g/mol.